The van der Waals surface area contributed by atoms with E-state index in [4.69, 9.17) is 28.3 Å². The van der Waals surface area contributed by atoms with E-state index in [1.54, 1.807) is 0 Å². The fourth-order valence-electron chi connectivity index (χ4n) is 0.833. The molecule has 0 unspecified atom stereocenters. The van der Waals surface area contributed by atoms with Gasteiger partial charge in [0.1, 0.15) is 6.04 Å². The Hall–Kier alpha value is -0.720. The van der Waals surface area contributed by atoms with E-state index >= 15 is 0 Å². The first-order valence-corrected chi connectivity index (χ1v) is 6.47. The summed E-state index contributed by atoms with van der Waals surface area (Å²) in [6.07, 6.45) is 0.604. The molecule has 0 aliphatic rings. The maximum atomic E-state index is 10.5. The van der Waals surface area contributed by atoms with Crippen molar-refractivity contribution in [3.63, 3.8) is 0 Å². The molecule has 0 bridgehead atoms. The number of rotatable bonds is 6. The summed E-state index contributed by atoms with van der Waals surface area (Å²) in [5.74, 6) is -3.79. The van der Waals surface area contributed by atoms with E-state index in [-0.39, 0.29) is 29.6 Å². The Morgan fingerprint density at radius 1 is 1.10 bits per heavy atom. The number of hydrogen-bond donors (Lipinski definition) is 3. The molecular weight excluding hydrogens is 309 g/mol. The molecule has 10 nitrogen and oxygen atoms in total. The number of carboxylic acids is 3. The average Bonchev–Trinajstić information content (AvgIpc) is 2.10. The smallest absolute Gasteiger partial charge is 0.748 e. The third-order valence-corrected chi connectivity index (χ3v) is 1.58. The van der Waals surface area contributed by atoms with Crippen LogP contribution in [0.2, 0.25) is 0 Å². The Balaban J connectivity index is -0.000000414. The molecule has 0 aliphatic heterocycles. The first-order chi connectivity index (χ1) is 8.34. The number of hydrogen-bond acceptors (Lipinski definition) is 7. The largest absolute Gasteiger partial charge is 1.00 e. The number of carboxylic acid groups (broad SMARTS) is 3. The third-order valence-electron chi connectivity index (χ3n) is 1.58. The second kappa shape index (κ2) is 11.0. The summed E-state index contributed by atoms with van der Waals surface area (Å²) in [7, 11) is -3.92. The minimum absolute atomic E-state index is 0. The summed E-state index contributed by atoms with van der Waals surface area (Å²) in [6.45, 7) is 0.00769. The van der Waals surface area contributed by atoms with Crippen LogP contribution >= 0.6 is 0 Å². The molecule has 1 atom stereocenters. The fourth-order valence-corrected chi connectivity index (χ4v) is 0.833. The number of carbonyl (C=O) groups is 3. The van der Waals surface area contributed by atoms with Gasteiger partial charge in [-0.25, -0.2) is 8.42 Å². The quantitative estimate of drug-likeness (QED) is 0.317. The van der Waals surface area contributed by atoms with Gasteiger partial charge in [-0.15, -0.1) is 0 Å². The van der Waals surface area contributed by atoms with E-state index in [1.807, 2.05) is 0 Å². The molecule has 0 heterocycles. The molecule has 0 aromatic rings. The van der Waals surface area contributed by atoms with Gasteiger partial charge in [-0.05, 0) is 6.92 Å². The molecular formula is C8H14NNaO9S. The van der Waals surface area contributed by atoms with Gasteiger partial charge in [-0.1, -0.05) is 0 Å². The molecule has 0 amide bonds. The third kappa shape index (κ3) is 19.6. The van der Waals surface area contributed by atoms with Crippen molar-refractivity contribution in [1.82, 2.24) is 4.90 Å². The Morgan fingerprint density at radius 3 is 1.50 bits per heavy atom. The predicted molar refractivity (Wildman–Crippen MR) is 59.6 cm³/mol. The first kappa shape index (κ1) is 24.3. The van der Waals surface area contributed by atoms with Crippen LogP contribution in [-0.2, 0) is 24.5 Å². The topological polar surface area (TPSA) is 172 Å². The van der Waals surface area contributed by atoms with E-state index in [0.717, 1.165) is 4.90 Å². The molecule has 3 N–H and O–H groups in total. The monoisotopic (exact) mass is 323 g/mol. The molecule has 0 aromatic heterocycles. The van der Waals surface area contributed by atoms with Crippen molar-refractivity contribution in [2.45, 2.75) is 13.0 Å². The molecule has 0 saturated carbocycles. The molecule has 0 rings (SSSR count). The molecule has 20 heavy (non-hydrogen) atoms. The fraction of sp³-hybridized carbons (Fsp3) is 0.625. The molecule has 0 saturated heterocycles. The van der Waals surface area contributed by atoms with Crippen molar-refractivity contribution in [3.05, 3.63) is 0 Å². The predicted octanol–water partition coefficient (Wildman–Crippen LogP) is -4.90. The van der Waals surface area contributed by atoms with E-state index < -0.39 is 47.2 Å². The number of aliphatic carboxylic acids is 3. The molecule has 12 heteroatoms. The summed E-state index contributed by atoms with van der Waals surface area (Å²) in [5.41, 5.74) is 0. The van der Waals surface area contributed by atoms with Crippen LogP contribution in [-0.4, -0.2) is 76.5 Å². The van der Waals surface area contributed by atoms with Crippen LogP contribution in [0.5, 0.6) is 0 Å². The molecule has 0 radical (unpaired) electrons. The Kier molecular flexibility index (Phi) is 13.4. The van der Waals surface area contributed by atoms with Gasteiger partial charge >= 0.3 is 47.5 Å². The average molecular weight is 323 g/mol. The zero-order chi connectivity index (χ0) is 15.8. The SMILES string of the molecule is CS(=O)(=O)[O-].C[C@@H](C(=O)O)N(CC(=O)O)CC(=O)O.[Na+]. The second-order valence-electron chi connectivity index (χ2n) is 3.41. The summed E-state index contributed by atoms with van der Waals surface area (Å²) >= 11 is 0. The Labute approximate surface area is 137 Å². The van der Waals surface area contributed by atoms with Gasteiger partial charge < -0.3 is 19.9 Å². The summed E-state index contributed by atoms with van der Waals surface area (Å²) in [4.78, 5) is 31.9. The zero-order valence-corrected chi connectivity index (χ0v) is 14.0. The van der Waals surface area contributed by atoms with Gasteiger partial charge in [-0.2, -0.15) is 0 Å². The van der Waals surface area contributed by atoms with Gasteiger partial charge in [0.25, 0.3) is 0 Å². The zero-order valence-electron chi connectivity index (χ0n) is 11.1. The van der Waals surface area contributed by atoms with Gasteiger partial charge in [0.05, 0.1) is 23.2 Å². The summed E-state index contributed by atoms with van der Waals surface area (Å²) in [5, 5.41) is 25.4. The van der Waals surface area contributed by atoms with Crippen LogP contribution in [0.1, 0.15) is 6.92 Å². The first-order valence-electron chi connectivity index (χ1n) is 4.66. The maximum Gasteiger partial charge on any atom is 1.00 e. The van der Waals surface area contributed by atoms with Crippen molar-refractivity contribution in [3.8, 4) is 0 Å². The van der Waals surface area contributed by atoms with Gasteiger partial charge in [0.15, 0.2) is 0 Å². The maximum absolute atomic E-state index is 10.5. The molecule has 0 aliphatic carbocycles. The van der Waals surface area contributed by atoms with Crippen LogP contribution in [0.3, 0.4) is 0 Å². The van der Waals surface area contributed by atoms with Crippen molar-refractivity contribution < 1.29 is 72.2 Å². The normalized spacial score (nSPS) is 11.6. The second-order valence-corrected chi connectivity index (χ2v) is 4.82. The van der Waals surface area contributed by atoms with Crippen LogP contribution < -0.4 is 29.6 Å². The standard InChI is InChI=1S/C7H11NO6.CH4O3S.Na/c1-4(7(13)14)8(2-5(9)10)3-6(11)12;1-5(2,3)4;/h4H,2-3H2,1H3,(H,9,10)(H,11,12)(H,13,14);1H3,(H,2,3,4);/q;;+1/p-1/t4-;;/m0../s1. The summed E-state index contributed by atoms with van der Waals surface area (Å²) in [6, 6.07) is -1.14. The van der Waals surface area contributed by atoms with Crippen LogP contribution in [0, 0.1) is 0 Å². The minimum Gasteiger partial charge on any atom is -0.748 e. The molecule has 112 valence electrons. The molecule has 0 aromatic carbocycles. The van der Waals surface area contributed by atoms with Crippen LogP contribution in [0.25, 0.3) is 0 Å². The van der Waals surface area contributed by atoms with Gasteiger partial charge in [-0.3, -0.25) is 19.3 Å². The van der Waals surface area contributed by atoms with Crippen molar-refractivity contribution in [1.29, 1.82) is 0 Å². The van der Waals surface area contributed by atoms with Crippen LogP contribution in [0.15, 0.2) is 0 Å². The van der Waals surface area contributed by atoms with Gasteiger partial charge in [0, 0.05) is 6.26 Å². The Bertz CT molecular complexity index is 411. The van der Waals surface area contributed by atoms with E-state index in [9.17, 15) is 14.4 Å². The summed E-state index contributed by atoms with van der Waals surface area (Å²) < 4.78 is 27.2. The van der Waals surface area contributed by atoms with Crippen LogP contribution in [0.4, 0.5) is 0 Å². The number of nitrogens with zero attached hydrogens (tertiary/aromatic N) is 1. The van der Waals surface area contributed by atoms with Crippen molar-refractivity contribution in [2.24, 2.45) is 0 Å². The van der Waals surface area contributed by atoms with Crippen molar-refractivity contribution >= 4 is 28.0 Å². The Morgan fingerprint density at radius 2 is 1.35 bits per heavy atom. The minimum atomic E-state index is -3.92. The van der Waals surface area contributed by atoms with E-state index in [0.29, 0.717) is 6.26 Å². The van der Waals surface area contributed by atoms with Gasteiger partial charge in [0.2, 0.25) is 0 Å². The van der Waals surface area contributed by atoms with E-state index in [2.05, 4.69) is 0 Å². The van der Waals surface area contributed by atoms with Crippen molar-refractivity contribution in [2.75, 3.05) is 19.3 Å². The van der Waals surface area contributed by atoms with E-state index in [1.165, 1.54) is 6.92 Å². The molecule has 0 spiro atoms. The molecule has 0 fully saturated rings.